The summed E-state index contributed by atoms with van der Waals surface area (Å²) in [5.74, 6) is 1.42. The lowest BCUT2D eigenvalue weighted by Gasteiger charge is -2.21. The van der Waals surface area contributed by atoms with E-state index in [0.29, 0.717) is 18.0 Å². The minimum atomic E-state index is 0.255. The van der Waals surface area contributed by atoms with Crippen LogP contribution in [0.4, 0.5) is 0 Å². The molecule has 1 aliphatic carbocycles. The number of nitrogens with one attached hydrogen (secondary N) is 1. The summed E-state index contributed by atoms with van der Waals surface area (Å²) in [7, 11) is 0. The molecule has 1 aromatic carbocycles. The monoisotopic (exact) mass is 277 g/mol. The molecule has 0 aromatic heterocycles. The van der Waals surface area contributed by atoms with E-state index in [1.165, 1.54) is 10.5 Å². The van der Waals surface area contributed by atoms with E-state index in [2.05, 4.69) is 55.6 Å². The Morgan fingerprint density at radius 3 is 2.84 bits per heavy atom. The Labute approximate surface area is 120 Å². The number of benzene rings is 1. The minimum Gasteiger partial charge on any atom is -0.396 e. The molecule has 3 heteroatoms. The maximum absolute atomic E-state index is 9.17. The van der Waals surface area contributed by atoms with Gasteiger partial charge in [0, 0.05) is 29.5 Å². The Hall–Kier alpha value is -0.770. The molecular weight excluding hydrogens is 254 g/mol. The van der Waals surface area contributed by atoms with Gasteiger partial charge in [0.05, 0.1) is 0 Å². The van der Waals surface area contributed by atoms with Gasteiger partial charge in [-0.15, -0.1) is 11.8 Å². The third-order valence-electron chi connectivity index (χ3n) is 3.56. The fourth-order valence-electron chi connectivity index (χ4n) is 2.57. The summed E-state index contributed by atoms with van der Waals surface area (Å²) in [4.78, 5) is 1.37. The predicted octanol–water partition coefficient (Wildman–Crippen LogP) is 3.39. The Morgan fingerprint density at radius 1 is 1.37 bits per heavy atom. The lowest BCUT2D eigenvalue weighted by Crippen LogP contribution is -2.29. The topological polar surface area (TPSA) is 32.3 Å². The van der Waals surface area contributed by atoms with Gasteiger partial charge in [-0.2, -0.15) is 0 Å². The summed E-state index contributed by atoms with van der Waals surface area (Å²) in [5, 5.41) is 12.8. The Kier molecular flexibility index (Phi) is 5.49. The number of thioether (sulfide) groups is 1. The fraction of sp³-hybridized carbons (Fsp3) is 0.500. The minimum absolute atomic E-state index is 0.255. The molecule has 2 N–H and O–H groups in total. The molecule has 3 atom stereocenters. The van der Waals surface area contributed by atoms with E-state index < -0.39 is 0 Å². The Balaban J connectivity index is 2.00. The molecule has 2 rings (SSSR count). The summed E-state index contributed by atoms with van der Waals surface area (Å²) in [6.07, 6.45) is 5.31. The average molecular weight is 277 g/mol. The van der Waals surface area contributed by atoms with Crippen LogP contribution in [-0.4, -0.2) is 23.5 Å². The highest BCUT2D eigenvalue weighted by atomic mass is 32.2. The van der Waals surface area contributed by atoms with Crippen molar-refractivity contribution in [1.82, 2.24) is 5.32 Å². The van der Waals surface area contributed by atoms with Crippen LogP contribution < -0.4 is 5.32 Å². The van der Waals surface area contributed by atoms with Gasteiger partial charge in [0.2, 0.25) is 0 Å². The van der Waals surface area contributed by atoms with Gasteiger partial charge in [0.1, 0.15) is 0 Å². The zero-order valence-corrected chi connectivity index (χ0v) is 12.5. The van der Waals surface area contributed by atoms with Crippen LogP contribution in [0.3, 0.4) is 0 Å². The van der Waals surface area contributed by atoms with Crippen LogP contribution in [0, 0.1) is 5.92 Å². The Morgan fingerprint density at radius 2 is 2.16 bits per heavy atom. The third-order valence-corrected chi connectivity index (χ3v) is 4.53. The molecule has 1 aromatic rings. The summed E-state index contributed by atoms with van der Waals surface area (Å²) >= 11 is 1.90. The SMILES string of the molecule is CCSc1ccccc1C(C)N[C@@H]1C=C[C@H](CO)C1. The van der Waals surface area contributed by atoms with Crippen LogP contribution in [-0.2, 0) is 0 Å². The largest absolute Gasteiger partial charge is 0.396 e. The molecule has 104 valence electrons. The van der Waals surface area contributed by atoms with Crippen molar-refractivity contribution in [2.45, 2.75) is 37.2 Å². The van der Waals surface area contributed by atoms with E-state index in [-0.39, 0.29) is 6.61 Å². The van der Waals surface area contributed by atoms with E-state index in [1.54, 1.807) is 0 Å². The summed E-state index contributed by atoms with van der Waals surface area (Å²) < 4.78 is 0. The van der Waals surface area contributed by atoms with E-state index >= 15 is 0 Å². The van der Waals surface area contributed by atoms with Gasteiger partial charge in [-0.3, -0.25) is 0 Å². The van der Waals surface area contributed by atoms with Crippen molar-refractivity contribution < 1.29 is 5.11 Å². The maximum atomic E-state index is 9.17. The van der Waals surface area contributed by atoms with Crippen molar-refractivity contribution >= 4 is 11.8 Å². The highest BCUT2D eigenvalue weighted by Crippen LogP contribution is 2.28. The van der Waals surface area contributed by atoms with Gasteiger partial charge >= 0.3 is 0 Å². The maximum Gasteiger partial charge on any atom is 0.0494 e. The van der Waals surface area contributed by atoms with E-state index in [4.69, 9.17) is 5.11 Å². The van der Waals surface area contributed by atoms with Crippen LogP contribution in [0.1, 0.15) is 31.9 Å². The van der Waals surface area contributed by atoms with Crippen LogP contribution in [0.2, 0.25) is 0 Å². The first-order chi connectivity index (χ1) is 9.24. The zero-order valence-electron chi connectivity index (χ0n) is 11.7. The molecule has 0 fully saturated rings. The average Bonchev–Trinajstić information content (AvgIpc) is 2.87. The smallest absolute Gasteiger partial charge is 0.0494 e. The van der Waals surface area contributed by atoms with Crippen molar-refractivity contribution in [3.8, 4) is 0 Å². The first-order valence-electron chi connectivity index (χ1n) is 7.01. The quantitative estimate of drug-likeness (QED) is 0.617. The van der Waals surface area contributed by atoms with E-state index in [0.717, 1.165) is 12.2 Å². The summed E-state index contributed by atoms with van der Waals surface area (Å²) in [6, 6.07) is 9.33. The molecule has 0 saturated heterocycles. The van der Waals surface area contributed by atoms with E-state index in [9.17, 15) is 0 Å². The normalized spacial score (nSPS) is 23.7. The number of hydrogen-bond acceptors (Lipinski definition) is 3. The molecule has 1 aliphatic rings. The molecule has 1 unspecified atom stereocenters. The zero-order chi connectivity index (χ0) is 13.7. The van der Waals surface area contributed by atoms with Crippen molar-refractivity contribution in [3.05, 3.63) is 42.0 Å². The molecule has 0 bridgehead atoms. The second kappa shape index (κ2) is 7.13. The lowest BCUT2D eigenvalue weighted by atomic mass is 10.1. The van der Waals surface area contributed by atoms with Crippen molar-refractivity contribution in [2.75, 3.05) is 12.4 Å². The molecular formula is C16H23NOS. The molecule has 0 heterocycles. The van der Waals surface area contributed by atoms with Crippen LogP contribution in [0.25, 0.3) is 0 Å². The highest BCUT2D eigenvalue weighted by molar-refractivity contribution is 7.99. The van der Waals surface area contributed by atoms with Crippen LogP contribution >= 0.6 is 11.8 Å². The van der Waals surface area contributed by atoms with E-state index in [1.807, 2.05) is 11.8 Å². The van der Waals surface area contributed by atoms with Crippen LogP contribution in [0.5, 0.6) is 0 Å². The molecule has 2 nitrogen and oxygen atoms in total. The van der Waals surface area contributed by atoms with Gasteiger partial charge in [-0.1, -0.05) is 37.3 Å². The van der Waals surface area contributed by atoms with Crippen molar-refractivity contribution in [1.29, 1.82) is 0 Å². The molecule has 0 aliphatic heterocycles. The van der Waals surface area contributed by atoms with Crippen molar-refractivity contribution in [3.63, 3.8) is 0 Å². The second-order valence-corrected chi connectivity index (χ2v) is 6.33. The second-order valence-electron chi connectivity index (χ2n) is 5.03. The molecule has 0 spiro atoms. The first-order valence-corrected chi connectivity index (χ1v) is 8.00. The van der Waals surface area contributed by atoms with Crippen molar-refractivity contribution in [2.24, 2.45) is 5.92 Å². The van der Waals surface area contributed by atoms with Gasteiger partial charge < -0.3 is 10.4 Å². The third kappa shape index (κ3) is 3.85. The summed E-state index contributed by atoms with van der Waals surface area (Å²) in [6.45, 7) is 4.66. The number of aliphatic hydroxyl groups is 1. The first kappa shape index (κ1) is 14.6. The molecule has 0 amide bonds. The number of aliphatic hydroxyl groups excluding tert-OH is 1. The lowest BCUT2D eigenvalue weighted by molar-refractivity contribution is 0.245. The van der Waals surface area contributed by atoms with Gasteiger partial charge in [-0.25, -0.2) is 0 Å². The van der Waals surface area contributed by atoms with Gasteiger partial charge in [-0.05, 0) is 30.7 Å². The highest BCUT2D eigenvalue weighted by Gasteiger charge is 2.20. The summed E-state index contributed by atoms with van der Waals surface area (Å²) in [5.41, 5.74) is 1.37. The molecule has 0 saturated carbocycles. The van der Waals surface area contributed by atoms with Gasteiger partial charge in [0.15, 0.2) is 0 Å². The fourth-order valence-corrected chi connectivity index (χ4v) is 3.47. The van der Waals surface area contributed by atoms with Gasteiger partial charge in [0.25, 0.3) is 0 Å². The predicted molar refractivity (Wildman–Crippen MR) is 82.5 cm³/mol. The number of hydrogen-bond donors (Lipinski definition) is 2. The number of rotatable bonds is 6. The standard InChI is InChI=1S/C16H23NOS/c1-3-19-16-7-5-4-6-15(16)12(2)17-14-9-8-13(10-14)11-18/h4-9,12-14,17-18H,3,10-11H2,1-2H3/t12?,13-,14+/m0/s1. The van der Waals surface area contributed by atoms with Crippen LogP contribution in [0.15, 0.2) is 41.3 Å². The Bertz CT molecular complexity index is 433. The molecule has 19 heavy (non-hydrogen) atoms. The molecule has 0 radical (unpaired) electrons.